The SMILES string of the molecule is C=CCOC(=O)C(CC(C)C)NC(=O)C1CCCCC1(C)NC(=O)OC(C)(C)C. The van der Waals surface area contributed by atoms with E-state index in [0.29, 0.717) is 19.3 Å². The fourth-order valence-electron chi connectivity index (χ4n) is 3.64. The smallest absolute Gasteiger partial charge is 0.408 e. The van der Waals surface area contributed by atoms with Gasteiger partial charge in [0.15, 0.2) is 0 Å². The first kappa shape index (κ1) is 25.0. The summed E-state index contributed by atoms with van der Waals surface area (Å²) in [6.07, 6.45) is 4.53. The van der Waals surface area contributed by atoms with Crippen molar-refractivity contribution in [1.82, 2.24) is 10.6 Å². The van der Waals surface area contributed by atoms with E-state index in [9.17, 15) is 14.4 Å². The molecule has 1 aliphatic carbocycles. The minimum absolute atomic E-state index is 0.102. The summed E-state index contributed by atoms with van der Waals surface area (Å²) in [6, 6.07) is -0.727. The number of hydrogen-bond donors (Lipinski definition) is 2. The summed E-state index contributed by atoms with van der Waals surface area (Å²) in [6.45, 7) is 14.9. The lowest BCUT2D eigenvalue weighted by molar-refractivity contribution is -0.148. The van der Waals surface area contributed by atoms with Gasteiger partial charge < -0.3 is 20.1 Å². The summed E-state index contributed by atoms with van der Waals surface area (Å²) in [7, 11) is 0. The number of amides is 2. The van der Waals surface area contributed by atoms with Gasteiger partial charge in [0.2, 0.25) is 5.91 Å². The number of ether oxygens (including phenoxy) is 2. The zero-order chi connectivity index (χ0) is 22.2. The molecule has 2 N–H and O–H groups in total. The van der Waals surface area contributed by atoms with Crippen molar-refractivity contribution in [2.45, 2.75) is 90.8 Å². The Hall–Kier alpha value is -2.05. The molecule has 0 radical (unpaired) electrons. The number of carbonyl (C=O) groups excluding carboxylic acids is 3. The Morgan fingerprint density at radius 3 is 2.45 bits per heavy atom. The van der Waals surface area contributed by atoms with Gasteiger partial charge in [0.05, 0.1) is 11.5 Å². The zero-order valence-corrected chi connectivity index (χ0v) is 18.8. The van der Waals surface area contributed by atoms with Gasteiger partial charge in [-0.3, -0.25) is 4.79 Å². The largest absolute Gasteiger partial charge is 0.460 e. The van der Waals surface area contributed by atoms with Crippen LogP contribution in [-0.2, 0) is 19.1 Å². The van der Waals surface area contributed by atoms with E-state index in [2.05, 4.69) is 17.2 Å². The second kappa shape index (κ2) is 10.6. The highest BCUT2D eigenvalue weighted by molar-refractivity contribution is 5.87. The second-order valence-electron chi connectivity index (χ2n) is 9.45. The topological polar surface area (TPSA) is 93.7 Å². The monoisotopic (exact) mass is 410 g/mol. The molecule has 0 spiro atoms. The maximum absolute atomic E-state index is 13.1. The molecule has 3 atom stereocenters. The lowest BCUT2D eigenvalue weighted by atomic mass is 9.73. The van der Waals surface area contributed by atoms with Crippen molar-refractivity contribution in [2.75, 3.05) is 6.61 Å². The Kier molecular flexibility index (Phi) is 9.17. The van der Waals surface area contributed by atoms with E-state index in [4.69, 9.17) is 9.47 Å². The first-order chi connectivity index (χ1) is 13.4. The van der Waals surface area contributed by atoms with E-state index in [1.54, 1.807) is 20.8 Å². The molecule has 166 valence electrons. The highest BCUT2D eigenvalue weighted by Crippen LogP contribution is 2.34. The standard InChI is InChI=1S/C22H38N2O5/c1-8-13-28-19(26)17(14-15(2)3)23-18(25)16-11-9-10-12-22(16,7)24-20(27)29-21(4,5)6/h8,15-17H,1,9-14H2,2-7H3,(H,23,25)(H,24,27). The van der Waals surface area contributed by atoms with Gasteiger partial charge in [-0.25, -0.2) is 9.59 Å². The van der Waals surface area contributed by atoms with Crippen molar-refractivity contribution in [3.8, 4) is 0 Å². The van der Waals surface area contributed by atoms with Gasteiger partial charge in [-0.2, -0.15) is 0 Å². The molecule has 1 rings (SSSR count). The van der Waals surface area contributed by atoms with Crippen molar-refractivity contribution in [2.24, 2.45) is 11.8 Å². The Bertz CT molecular complexity index is 597. The minimum atomic E-state index is -0.738. The molecule has 0 saturated heterocycles. The third-order valence-corrected chi connectivity index (χ3v) is 4.96. The third kappa shape index (κ3) is 8.46. The predicted octanol–water partition coefficient (Wildman–Crippen LogP) is 3.72. The lowest BCUT2D eigenvalue weighted by Crippen LogP contribution is -2.59. The highest BCUT2D eigenvalue weighted by atomic mass is 16.6. The Labute approximate surface area is 175 Å². The number of alkyl carbamates (subject to hydrolysis) is 1. The maximum Gasteiger partial charge on any atom is 0.408 e. The number of esters is 1. The van der Waals surface area contributed by atoms with Crippen molar-refractivity contribution in [3.63, 3.8) is 0 Å². The van der Waals surface area contributed by atoms with Crippen LogP contribution in [-0.4, -0.2) is 41.8 Å². The van der Waals surface area contributed by atoms with Crippen molar-refractivity contribution >= 4 is 18.0 Å². The fraction of sp³-hybridized carbons (Fsp3) is 0.773. The Morgan fingerprint density at radius 2 is 1.90 bits per heavy atom. The first-order valence-corrected chi connectivity index (χ1v) is 10.5. The summed E-state index contributed by atoms with van der Waals surface area (Å²) in [5, 5.41) is 5.77. The normalized spacial score (nSPS) is 23.1. The molecule has 1 saturated carbocycles. The molecule has 1 fully saturated rings. The molecule has 29 heavy (non-hydrogen) atoms. The molecule has 0 aromatic carbocycles. The summed E-state index contributed by atoms with van der Waals surface area (Å²) in [4.78, 5) is 37.8. The molecule has 0 aliphatic heterocycles. The lowest BCUT2D eigenvalue weighted by Gasteiger charge is -2.41. The summed E-state index contributed by atoms with van der Waals surface area (Å²) in [5.74, 6) is -0.964. The molecule has 0 aromatic rings. The van der Waals surface area contributed by atoms with Crippen LogP contribution in [0, 0.1) is 11.8 Å². The van der Waals surface area contributed by atoms with E-state index < -0.39 is 35.2 Å². The van der Waals surface area contributed by atoms with Crippen molar-refractivity contribution in [1.29, 1.82) is 0 Å². The molecule has 1 aliphatic rings. The van der Waals surface area contributed by atoms with Crippen LogP contribution < -0.4 is 10.6 Å². The number of nitrogens with one attached hydrogen (secondary N) is 2. The summed E-state index contributed by atoms with van der Waals surface area (Å²) >= 11 is 0. The molecular weight excluding hydrogens is 372 g/mol. The molecular formula is C22H38N2O5. The summed E-state index contributed by atoms with van der Waals surface area (Å²) < 4.78 is 10.5. The van der Waals surface area contributed by atoms with Crippen LogP contribution in [0.1, 0.15) is 73.6 Å². The van der Waals surface area contributed by atoms with Gasteiger partial charge in [0.25, 0.3) is 0 Å². The third-order valence-electron chi connectivity index (χ3n) is 4.96. The van der Waals surface area contributed by atoms with Crippen LogP contribution >= 0.6 is 0 Å². The molecule has 2 amide bonds. The Morgan fingerprint density at radius 1 is 1.24 bits per heavy atom. The minimum Gasteiger partial charge on any atom is -0.460 e. The molecule has 3 unspecified atom stereocenters. The quantitative estimate of drug-likeness (QED) is 0.470. The van der Waals surface area contributed by atoms with Gasteiger partial charge in [0, 0.05) is 0 Å². The van der Waals surface area contributed by atoms with Gasteiger partial charge in [-0.1, -0.05) is 39.3 Å². The molecule has 0 aromatic heterocycles. The number of hydrogen-bond acceptors (Lipinski definition) is 5. The number of rotatable bonds is 8. The molecule has 0 bridgehead atoms. The molecule has 7 nitrogen and oxygen atoms in total. The first-order valence-electron chi connectivity index (χ1n) is 10.5. The highest BCUT2D eigenvalue weighted by Gasteiger charge is 2.43. The van der Waals surface area contributed by atoms with Crippen LogP contribution in [0.5, 0.6) is 0 Å². The van der Waals surface area contributed by atoms with E-state index >= 15 is 0 Å². The van der Waals surface area contributed by atoms with Crippen LogP contribution in [0.4, 0.5) is 4.79 Å². The van der Waals surface area contributed by atoms with Crippen LogP contribution in [0.25, 0.3) is 0 Å². The van der Waals surface area contributed by atoms with Crippen LogP contribution in [0.15, 0.2) is 12.7 Å². The van der Waals surface area contributed by atoms with Gasteiger partial charge in [0.1, 0.15) is 18.2 Å². The van der Waals surface area contributed by atoms with Crippen LogP contribution in [0.3, 0.4) is 0 Å². The average Bonchev–Trinajstić information content (AvgIpc) is 2.56. The van der Waals surface area contributed by atoms with Gasteiger partial charge in [-0.15, -0.1) is 0 Å². The second-order valence-corrected chi connectivity index (χ2v) is 9.45. The zero-order valence-electron chi connectivity index (χ0n) is 18.8. The van der Waals surface area contributed by atoms with E-state index in [-0.39, 0.29) is 18.4 Å². The average molecular weight is 411 g/mol. The van der Waals surface area contributed by atoms with Crippen LogP contribution in [0.2, 0.25) is 0 Å². The molecule has 7 heteroatoms. The van der Waals surface area contributed by atoms with Gasteiger partial charge >= 0.3 is 12.1 Å². The summed E-state index contributed by atoms with van der Waals surface area (Å²) in [5.41, 5.74) is -1.36. The van der Waals surface area contributed by atoms with Crippen molar-refractivity contribution < 1.29 is 23.9 Å². The van der Waals surface area contributed by atoms with E-state index in [0.717, 1.165) is 12.8 Å². The predicted molar refractivity (Wildman–Crippen MR) is 112 cm³/mol. The van der Waals surface area contributed by atoms with Crippen molar-refractivity contribution in [3.05, 3.63) is 12.7 Å². The Balaban J connectivity index is 2.91. The number of carbonyl (C=O) groups is 3. The van der Waals surface area contributed by atoms with E-state index in [1.165, 1.54) is 6.08 Å². The fourth-order valence-corrected chi connectivity index (χ4v) is 3.64. The van der Waals surface area contributed by atoms with Gasteiger partial charge in [-0.05, 0) is 52.9 Å². The van der Waals surface area contributed by atoms with E-state index in [1.807, 2.05) is 20.8 Å². The molecule has 0 heterocycles. The maximum atomic E-state index is 13.1.